The van der Waals surface area contributed by atoms with Gasteiger partial charge in [0.15, 0.2) is 0 Å². The molecule has 0 aliphatic carbocycles. The lowest BCUT2D eigenvalue weighted by Crippen LogP contribution is -2.26. The van der Waals surface area contributed by atoms with Crippen molar-refractivity contribution in [2.75, 3.05) is 23.7 Å². The third-order valence-corrected chi connectivity index (χ3v) is 4.59. The highest BCUT2D eigenvalue weighted by Crippen LogP contribution is 2.40. The summed E-state index contributed by atoms with van der Waals surface area (Å²) in [5, 5.41) is 0. The molecule has 1 saturated heterocycles. The van der Waals surface area contributed by atoms with Gasteiger partial charge in [-0.05, 0) is 49.3 Å². The lowest BCUT2D eigenvalue weighted by atomic mass is 9.82. The Morgan fingerprint density at radius 3 is 2.56 bits per heavy atom. The Balaban J connectivity index is 2.27. The average Bonchev–Trinajstić information content (AvgIpc) is 2.79. The van der Waals surface area contributed by atoms with Crippen LogP contribution in [0.1, 0.15) is 38.7 Å². The molecule has 1 fully saturated rings. The number of benzene rings is 1. The van der Waals surface area contributed by atoms with Crippen LogP contribution in [0.15, 0.2) is 12.1 Å². The zero-order chi connectivity index (χ0) is 13.3. The maximum absolute atomic E-state index is 13.4. The van der Waals surface area contributed by atoms with Gasteiger partial charge in [-0.25, -0.2) is 4.39 Å². The van der Waals surface area contributed by atoms with Crippen LogP contribution < -0.4 is 10.6 Å². The van der Waals surface area contributed by atoms with Crippen LogP contribution in [0, 0.1) is 18.2 Å². The molecule has 100 valence electrons. The van der Waals surface area contributed by atoms with Crippen molar-refractivity contribution in [3.8, 4) is 0 Å². The van der Waals surface area contributed by atoms with Crippen LogP contribution in [0.2, 0.25) is 0 Å². The van der Waals surface area contributed by atoms with E-state index in [0.29, 0.717) is 16.7 Å². The summed E-state index contributed by atoms with van der Waals surface area (Å²) in [4.78, 5) is 2.31. The molecule has 2 rings (SSSR count). The highest BCUT2D eigenvalue weighted by Gasteiger charge is 2.35. The van der Waals surface area contributed by atoms with Gasteiger partial charge < -0.3 is 10.6 Å². The third-order valence-electron chi connectivity index (χ3n) is 4.59. The Morgan fingerprint density at radius 2 is 2.00 bits per heavy atom. The second-order valence-electron chi connectivity index (χ2n) is 5.54. The number of nitrogens with zero attached hydrogens (tertiary/aromatic N) is 1. The normalized spacial score (nSPS) is 18.3. The molecule has 1 aromatic carbocycles. The molecule has 1 aliphatic heterocycles. The molecule has 0 atom stereocenters. The van der Waals surface area contributed by atoms with E-state index in [2.05, 4.69) is 18.7 Å². The number of anilines is 2. The lowest BCUT2D eigenvalue weighted by Gasteiger charge is -2.28. The van der Waals surface area contributed by atoms with Gasteiger partial charge in [-0.15, -0.1) is 0 Å². The summed E-state index contributed by atoms with van der Waals surface area (Å²) in [6, 6.07) is 3.33. The quantitative estimate of drug-likeness (QED) is 0.828. The Morgan fingerprint density at radius 1 is 1.33 bits per heavy atom. The standard InChI is InChI=1S/C15H23FN2/c1-4-15(5-2)6-7-18(10-15)14-8-11(3)12(16)9-13(14)17/h8-9H,4-7,10,17H2,1-3H3. The molecular formula is C15H23FN2. The minimum absolute atomic E-state index is 0.215. The number of hydrogen-bond donors (Lipinski definition) is 1. The highest BCUT2D eigenvalue weighted by atomic mass is 19.1. The minimum Gasteiger partial charge on any atom is -0.397 e. The molecule has 0 spiro atoms. The van der Waals surface area contributed by atoms with Crippen molar-refractivity contribution in [1.82, 2.24) is 0 Å². The number of rotatable bonds is 3. The first-order valence-electron chi connectivity index (χ1n) is 6.82. The molecule has 2 nitrogen and oxygen atoms in total. The molecular weight excluding hydrogens is 227 g/mol. The Bertz CT molecular complexity index is 438. The van der Waals surface area contributed by atoms with Crippen LogP contribution in [0.4, 0.5) is 15.8 Å². The maximum atomic E-state index is 13.4. The predicted octanol–water partition coefficient (Wildman–Crippen LogP) is 3.73. The highest BCUT2D eigenvalue weighted by molar-refractivity contribution is 5.69. The van der Waals surface area contributed by atoms with E-state index in [9.17, 15) is 4.39 Å². The van der Waals surface area contributed by atoms with Crippen molar-refractivity contribution in [1.29, 1.82) is 0 Å². The van der Waals surface area contributed by atoms with E-state index in [1.165, 1.54) is 25.3 Å². The molecule has 18 heavy (non-hydrogen) atoms. The first-order valence-corrected chi connectivity index (χ1v) is 6.82. The fraction of sp³-hybridized carbons (Fsp3) is 0.600. The van der Waals surface area contributed by atoms with Crippen molar-refractivity contribution < 1.29 is 4.39 Å². The van der Waals surface area contributed by atoms with E-state index in [-0.39, 0.29) is 5.82 Å². The molecule has 1 aliphatic rings. The maximum Gasteiger partial charge on any atom is 0.128 e. The first-order chi connectivity index (χ1) is 8.51. The van der Waals surface area contributed by atoms with E-state index in [1.54, 1.807) is 6.92 Å². The molecule has 0 saturated carbocycles. The second kappa shape index (κ2) is 4.79. The monoisotopic (exact) mass is 250 g/mol. The number of aryl methyl sites for hydroxylation is 1. The van der Waals surface area contributed by atoms with E-state index >= 15 is 0 Å². The molecule has 1 heterocycles. The van der Waals surface area contributed by atoms with Gasteiger partial charge in [0, 0.05) is 13.1 Å². The fourth-order valence-electron chi connectivity index (χ4n) is 2.92. The number of halogens is 1. The van der Waals surface area contributed by atoms with Gasteiger partial charge in [0.1, 0.15) is 5.82 Å². The van der Waals surface area contributed by atoms with E-state index in [1.807, 2.05) is 6.07 Å². The predicted molar refractivity (Wildman–Crippen MR) is 75.4 cm³/mol. The SMILES string of the molecule is CCC1(CC)CCN(c2cc(C)c(F)cc2N)C1. The molecule has 0 radical (unpaired) electrons. The summed E-state index contributed by atoms with van der Waals surface area (Å²) in [6.45, 7) is 8.37. The van der Waals surface area contributed by atoms with Crippen molar-refractivity contribution in [2.45, 2.75) is 40.0 Å². The van der Waals surface area contributed by atoms with Gasteiger partial charge in [0.2, 0.25) is 0 Å². The lowest BCUT2D eigenvalue weighted by molar-refractivity contribution is 0.301. The average molecular weight is 250 g/mol. The summed E-state index contributed by atoms with van der Waals surface area (Å²) in [5.41, 5.74) is 8.60. The summed E-state index contributed by atoms with van der Waals surface area (Å²) in [5.74, 6) is -0.215. The van der Waals surface area contributed by atoms with Crippen LogP contribution >= 0.6 is 0 Å². The van der Waals surface area contributed by atoms with E-state index in [4.69, 9.17) is 5.73 Å². The molecule has 3 heteroatoms. The Kier molecular flexibility index (Phi) is 3.51. The van der Waals surface area contributed by atoms with Gasteiger partial charge in [-0.1, -0.05) is 13.8 Å². The van der Waals surface area contributed by atoms with Crippen LogP contribution in [0.25, 0.3) is 0 Å². The summed E-state index contributed by atoms with van der Waals surface area (Å²) in [7, 11) is 0. The number of hydrogen-bond acceptors (Lipinski definition) is 2. The summed E-state index contributed by atoms with van der Waals surface area (Å²) >= 11 is 0. The molecule has 0 amide bonds. The van der Waals surface area contributed by atoms with Crippen LogP contribution in [0.5, 0.6) is 0 Å². The summed E-state index contributed by atoms with van der Waals surface area (Å²) in [6.07, 6.45) is 3.59. The fourth-order valence-corrected chi connectivity index (χ4v) is 2.92. The third kappa shape index (κ3) is 2.18. The van der Waals surface area contributed by atoms with Crippen LogP contribution in [-0.2, 0) is 0 Å². The van der Waals surface area contributed by atoms with Crippen molar-refractivity contribution in [3.05, 3.63) is 23.5 Å². The minimum atomic E-state index is -0.215. The summed E-state index contributed by atoms with van der Waals surface area (Å²) < 4.78 is 13.4. The van der Waals surface area contributed by atoms with Crippen molar-refractivity contribution >= 4 is 11.4 Å². The number of nitrogens with two attached hydrogens (primary N) is 1. The van der Waals surface area contributed by atoms with Crippen LogP contribution in [-0.4, -0.2) is 13.1 Å². The van der Waals surface area contributed by atoms with E-state index < -0.39 is 0 Å². The van der Waals surface area contributed by atoms with E-state index in [0.717, 1.165) is 18.8 Å². The molecule has 1 aromatic rings. The zero-order valence-corrected chi connectivity index (χ0v) is 11.6. The van der Waals surface area contributed by atoms with Gasteiger partial charge in [0.05, 0.1) is 11.4 Å². The zero-order valence-electron chi connectivity index (χ0n) is 11.6. The van der Waals surface area contributed by atoms with Gasteiger partial charge in [0.25, 0.3) is 0 Å². The van der Waals surface area contributed by atoms with Crippen molar-refractivity contribution in [2.24, 2.45) is 5.41 Å². The molecule has 0 aromatic heterocycles. The molecule has 0 unspecified atom stereocenters. The largest absolute Gasteiger partial charge is 0.397 e. The Hall–Kier alpha value is -1.25. The topological polar surface area (TPSA) is 29.3 Å². The van der Waals surface area contributed by atoms with Crippen LogP contribution in [0.3, 0.4) is 0 Å². The van der Waals surface area contributed by atoms with Gasteiger partial charge >= 0.3 is 0 Å². The molecule has 0 bridgehead atoms. The van der Waals surface area contributed by atoms with Gasteiger partial charge in [-0.2, -0.15) is 0 Å². The second-order valence-corrected chi connectivity index (χ2v) is 5.54. The van der Waals surface area contributed by atoms with Gasteiger partial charge in [-0.3, -0.25) is 0 Å². The Labute approximate surface area is 109 Å². The first kappa shape index (κ1) is 13.2. The smallest absolute Gasteiger partial charge is 0.128 e. The number of nitrogen functional groups attached to an aromatic ring is 1. The molecule has 2 N–H and O–H groups in total. The van der Waals surface area contributed by atoms with Crippen molar-refractivity contribution in [3.63, 3.8) is 0 Å².